The summed E-state index contributed by atoms with van der Waals surface area (Å²) in [6.07, 6.45) is 1.44. The van der Waals surface area contributed by atoms with Gasteiger partial charge in [-0.2, -0.15) is 0 Å². The summed E-state index contributed by atoms with van der Waals surface area (Å²) in [4.78, 5) is 93.6. The first-order chi connectivity index (χ1) is 26.5. The minimum Gasteiger partial charge on any atom is -0.458 e. The summed E-state index contributed by atoms with van der Waals surface area (Å²) in [6.45, 7) is 15.0. The molecule has 4 unspecified atom stereocenters. The molecule has 7 N–H and O–H groups in total. The smallest absolute Gasteiger partial charge is 0.407 e. The third-order valence-corrected chi connectivity index (χ3v) is 9.22. The van der Waals surface area contributed by atoms with Crippen LogP contribution in [0, 0.1) is 11.8 Å². The van der Waals surface area contributed by atoms with E-state index in [2.05, 4.69) is 21.3 Å². The fourth-order valence-electron chi connectivity index (χ4n) is 6.50. The van der Waals surface area contributed by atoms with Gasteiger partial charge in [-0.05, 0) is 72.6 Å². The molecule has 2 aliphatic rings. The molecule has 6 atom stereocenters. The van der Waals surface area contributed by atoms with Crippen LogP contribution in [0.5, 0.6) is 0 Å². The molecule has 0 spiro atoms. The number of hydrogen-bond donors (Lipinski definition) is 6. The SMILES string of the molecule is CCCC(NC(=O)[C@@H]1C[C@@H](OCC(=O)OC(C)(C)C)CN1C(=O)C(NC(=O)OCC(C)C)C1CCCCC1)C(=O)C(=O)NCC(O)NC(COC(C)(C)C)C(N)=O. The highest BCUT2D eigenvalue weighted by Crippen LogP contribution is 2.30. The molecule has 18 nitrogen and oxygen atoms in total. The second-order valence-corrected chi connectivity index (χ2v) is 17.3. The first kappa shape index (κ1) is 49.3. The largest absolute Gasteiger partial charge is 0.458 e. The van der Waals surface area contributed by atoms with E-state index >= 15 is 0 Å². The molecule has 0 bridgehead atoms. The van der Waals surface area contributed by atoms with Crippen LogP contribution < -0.4 is 27.0 Å². The van der Waals surface area contributed by atoms with Crippen LogP contribution in [0.25, 0.3) is 0 Å². The topological polar surface area (TPSA) is 254 Å². The summed E-state index contributed by atoms with van der Waals surface area (Å²) in [6, 6.07) is -4.60. The van der Waals surface area contributed by atoms with Gasteiger partial charge in [0.1, 0.15) is 36.6 Å². The summed E-state index contributed by atoms with van der Waals surface area (Å²) in [5.74, 6) is -4.97. The van der Waals surface area contributed by atoms with E-state index in [1.54, 1.807) is 48.5 Å². The Kier molecular flexibility index (Phi) is 19.8. The van der Waals surface area contributed by atoms with Gasteiger partial charge in [0.25, 0.3) is 5.91 Å². The molecule has 1 aliphatic carbocycles. The standard InChI is InChI=1S/C39H68N6O12/c1-10-14-26(32(48)35(51)41-18-29(46)42-27(33(40)49)21-56-38(4,5)6)43-34(50)28-17-25(54-22-30(47)57-39(7,8)9)19-45(28)36(52)31(24-15-12-11-13-16-24)44-37(53)55-20-23(2)3/h23-29,31,42,46H,10-22H2,1-9H3,(H2,40,49)(H,41,51)(H,43,50)(H,44,53)/t25-,26?,27?,28+,29?,31?/m1/s1. The van der Waals surface area contributed by atoms with Crippen LogP contribution in [0.2, 0.25) is 0 Å². The number of likely N-dealkylation sites (tertiary alicyclic amines) is 1. The summed E-state index contributed by atoms with van der Waals surface area (Å²) >= 11 is 0. The van der Waals surface area contributed by atoms with E-state index < -0.39 is 102 Å². The van der Waals surface area contributed by atoms with Crippen LogP contribution in [0.1, 0.15) is 114 Å². The van der Waals surface area contributed by atoms with E-state index in [0.717, 1.165) is 19.3 Å². The van der Waals surface area contributed by atoms with Gasteiger partial charge >= 0.3 is 12.1 Å². The molecule has 0 aromatic carbocycles. The van der Waals surface area contributed by atoms with E-state index in [-0.39, 0.29) is 44.4 Å². The summed E-state index contributed by atoms with van der Waals surface area (Å²) in [5, 5.41) is 20.7. The van der Waals surface area contributed by atoms with Gasteiger partial charge in [-0.15, -0.1) is 0 Å². The van der Waals surface area contributed by atoms with Crippen molar-refractivity contribution in [3.8, 4) is 0 Å². The van der Waals surface area contributed by atoms with Gasteiger partial charge in [-0.25, -0.2) is 9.59 Å². The number of Topliss-reactive ketones (excluding diaryl/α,β-unsaturated/α-hetero) is 1. The van der Waals surface area contributed by atoms with Crippen molar-refractivity contribution in [2.75, 3.05) is 32.9 Å². The maximum atomic E-state index is 14.4. The molecule has 5 amide bonds. The number of hydrogen-bond acceptors (Lipinski definition) is 13. The normalized spacial score (nSPS) is 19.9. The number of nitrogens with two attached hydrogens (primary N) is 1. The van der Waals surface area contributed by atoms with Gasteiger partial charge in [-0.3, -0.25) is 29.3 Å². The van der Waals surface area contributed by atoms with Crippen LogP contribution >= 0.6 is 0 Å². The maximum absolute atomic E-state index is 14.4. The number of aliphatic hydroxyl groups is 1. The molecule has 1 saturated heterocycles. The number of carbonyl (C=O) groups is 7. The number of aliphatic hydroxyl groups excluding tert-OH is 1. The van der Waals surface area contributed by atoms with Crippen molar-refractivity contribution in [3.63, 3.8) is 0 Å². The van der Waals surface area contributed by atoms with E-state index in [1.807, 2.05) is 13.8 Å². The molecule has 326 valence electrons. The van der Waals surface area contributed by atoms with Gasteiger partial charge in [0, 0.05) is 13.0 Å². The lowest BCUT2D eigenvalue weighted by atomic mass is 9.83. The minimum atomic E-state index is -1.48. The molecule has 2 rings (SSSR count). The monoisotopic (exact) mass is 812 g/mol. The maximum Gasteiger partial charge on any atom is 0.407 e. The van der Waals surface area contributed by atoms with Crippen LogP contribution in [-0.4, -0.2) is 132 Å². The molecule has 0 aromatic rings. The van der Waals surface area contributed by atoms with Gasteiger partial charge in [0.15, 0.2) is 0 Å². The van der Waals surface area contributed by atoms with E-state index in [1.165, 1.54) is 4.90 Å². The lowest BCUT2D eigenvalue weighted by Crippen LogP contribution is -2.58. The molecule has 1 saturated carbocycles. The van der Waals surface area contributed by atoms with Crippen molar-refractivity contribution < 1.29 is 57.6 Å². The second-order valence-electron chi connectivity index (χ2n) is 17.3. The lowest BCUT2D eigenvalue weighted by Gasteiger charge is -2.34. The van der Waals surface area contributed by atoms with Gasteiger partial charge in [0.2, 0.25) is 23.5 Å². The van der Waals surface area contributed by atoms with Gasteiger partial charge in [-0.1, -0.05) is 46.5 Å². The van der Waals surface area contributed by atoms with Crippen molar-refractivity contribution >= 4 is 41.5 Å². The number of nitrogens with zero attached hydrogens (tertiary/aromatic N) is 1. The molecule has 57 heavy (non-hydrogen) atoms. The first-order valence-corrected chi connectivity index (χ1v) is 20.1. The van der Waals surface area contributed by atoms with Gasteiger partial charge in [0.05, 0.1) is 37.5 Å². The minimum absolute atomic E-state index is 0.0490. The van der Waals surface area contributed by atoms with Crippen molar-refractivity contribution in [1.29, 1.82) is 0 Å². The predicted octanol–water partition coefficient (Wildman–Crippen LogP) is 1.19. The quantitative estimate of drug-likeness (QED) is 0.0542. The predicted molar refractivity (Wildman–Crippen MR) is 208 cm³/mol. The van der Waals surface area contributed by atoms with Crippen LogP contribution in [-0.2, 0) is 47.7 Å². The Balaban J connectivity index is 2.27. The van der Waals surface area contributed by atoms with Crippen LogP contribution in [0.4, 0.5) is 4.79 Å². The fraction of sp³-hybridized carbons (Fsp3) is 0.821. The number of ketones is 1. The van der Waals surface area contributed by atoms with Gasteiger partial charge < -0.3 is 50.6 Å². The summed E-state index contributed by atoms with van der Waals surface area (Å²) in [7, 11) is 0. The van der Waals surface area contributed by atoms with Crippen LogP contribution in [0.15, 0.2) is 0 Å². The second kappa shape index (κ2) is 22.9. The van der Waals surface area contributed by atoms with Crippen molar-refractivity contribution in [3.05, 3.63) is 0 Å². The number of alkyl carbamates (subject to hydrolysis) is 1. The Morgan fingerprint density at radius 3 is 2.11 bits per heavy atom. The number of esters is 1. The first-order valence-electron chi connectivity index (χ1n) is 20.1. The Hall–Kier alpha value is -3.87. The van der Waals surface area contributed by atoms with Crippen LogP contribution in [0.3, 0.4) is 0 Å². The van der Waals surface area contributed by atoms with Crippen molar-refractivity contribution in [2.24, 2.45) is 17.6 Å². The summed E-state index contributed by atoms with van der Waals surface area (Å²) in [5.41, 5.74) is 4.07. The average Bonchev–Trinajstić information content (AvgIpc) is 3.55. The molecular weight excluding hydrogens is 744 g/mol. The molecule has 2 fully saturated rings. The lowest BCUT2D eigenvalue weighted by molar-refractivity contribution is -0.162. The Morgan fingerprint density at radius 2 is 1.54 bits per heavy atom. The Morgan fingerprint density at radius 1 is 0.895 bits per heavy atom. The highest BCUT2D eigenvalue weighted by molar-refractivity contribution is 6.38. The number of nitrogens with one attached hydrogen (secondary N) is 4. The third kappa shape index (κ3) is 18.1. The highest BCUT2D eigenvalue weighted by Gasteiger charge is 2.45. The summed E-state index contributed by atoms with van der Waals surface area (Å²) < 4.78 is 22.1. The molecule has 18 heteroatoms. The molecule has 0 aromatic heterocycles. The zero-order valence-electron chi connectivity index (χ0n) is 35.3. The fourth-order valence-corrected chi connectivity index (χ4v) is 6.50. The average molecular weight is 813 g/mol. The molecular formula is C39H68N6O12. The van der Waals surface area contributed by atoms with E-state index in [0.29, 0.717) is 19.3 Å². The van der Waals surface area contributed by atoms with E-state index in [9.17, 15) is 38.7 Å². The number of rotatable bonds is 21. The molecule has 1 aliphatic heterocycles. The Labute approximate surface area is 336 Å². The third-order valence-electron chi connectivity index (χ3n) is 9.22. The number of primary amides is 1. The number of ether oxygens (including phenoxy) is 4. The zero-order valence-corrected chi connectivity index (χ0v) is 35.3. The van der Waals surface area contributed by atoms with Crippen molar-refractivity contribution in [2.45, 2.75) is 161 Å². The molecule has 0 radical (unpaired) electrons. The Bertz CT molecular complexity index is 1370. The van der Waals surface area contributed by atoms with E-state index in [4.69, 9.17) is 24.7 Å². The highest BCUT2D eigenvalue weighted by atomic mass is 16.6. The number of amides is 5. The van der Waals surface area contributed by atoms with Crippen molar-refractivity contribution in [1.82, 2.24) is 26.2 Å². The number of carbonyl (C=O) groups excluding carboxylic acids is 7. The zero-order chi connectivity index (χ0) is 43.1. The molecule has 1 heterocycles.